The van der Waals surface area contributed by atoms with E-state index >= 15 is 0 Å². The van der Waals surface area contributed by atoms with Gasteiger partial charge in [0.2, 0.25) is 0 Å². The molecule has 4 N–H and O–H groups in total. The largest absolute Gasteiger partial charge is 0.394 e. The molecular weight excluding hydrogens is 277 g/mol. The van der Waals surface area contributed by atoms with E-state index in [2.05, 4.69) is 10.6 Å². The molecule has 8 heteroatoms. The van der Waals surface area contributed by atoms with Gasteiger partial charge in [-0.3, -0.25) is 0 Å². The molecule has 0 heterocycles. The summed E-state index contributed by atoms with van der Waals surface area (Å²) in [4.78, 5) is 11.4. The lowest BCUT2D eigenvalue weighted by Gasteiger charge is -2.11. The molecule has 0 aliphatic rings. The molecule has 0 radical (unpaired) electrons. The number of rotatable bonds is 5. The number of carbonyl (C=O) groups excluding carboxylic acids is 1. The minimum absolute atomic E-state index is 0.0964. The molecule has 1 rings (SSSR count). The number of carbonyl (C=O) groups is 1. The Morgan fingerprint density at radius 1 is 1.25 bits per heavy atom. The van der Waals surface area contributed by atoms with E-state index in [1.807, 2.05) is 0 Å². The maximum Gasteiger partial charge on any atom is 0.393 e. The van der Waals surface area contributed by atoms with Crippen molar-refractivity contribution in [1.82, 2.24) is 5.32 Å². The fraction of sp³-hybridized carbons (Fsp3) is 0.417. The van der Waals surface area contributed by atoms with Crippen molar-refractivity contribution in [3.63, 3.8) is 0 Å². The third-order valence-corrected chi connectivity index (χ3v) is 2.33. The summed E-state index contributed by atoms with van der Waals surface area (Å²) >= 11 is 0. The number of aliphatic hydroxyl groups excluding tert-OH is 2. The quantitative estimate of drug-likeness (QED) is 0.659. The highest BCUT2D eigenvalue weighted by molar-refractivity contribution is 5.89. The van der Waals surface area contributed by atoms with Crippen LogP contribution in [0.25, 0.3) is 0 Å². The van der Waals surface area contributed by atoms with E-state index in [1.165, 1.54) is 24.3 Å². The predicted octanol–water partition coefficient (Wildman–Crippen LogP) is 1.27. The number of alkyl halides is 3. The Bertz CT molecular complexity index is 435. The number of nitrogens with one attached hydrogen (secondary N) is 2. The molecule has 5 nitrogen and oxygen atoms in total. The molecule has 0 aliphatic carbocycles. The van der Waals surface area contributed by atoms with Crippen LogP contribution >= 0.6 is 0 Å². The van der Waals surface area contributed by atoms with Gasteiger partial charge in [0.15, 0.2) is 0 Å². The van der Waals surface area contributed by atoms with Crippen LogP contribution in [0.15, 0.2) is 24.3 Å². The average Bonchev–Trinajstić information content (AvgIpc) is 2.36. The lowest BCUT2D eigenvalue weighted by atomic mass is 10.1. The Labute approximate surface area is 113 Å². The first-order valence-electron chi connectivity index (χ1n) is 5.79. The molecule has 112 valence electrons. The molecule has 0 spiro atoms. The van der Waals surface area contributed by atoms with Crippen LogP contribution in [0.4, 0.5) is 23.7 Å². The zero-order valence-corrected chi connectivity index (χ0v) is 10.4. The molecule has 0 fully saturated rings. The van der Waals surface area contributed by atoms with Crippen LogP contribution in [-0.4, -0.2) is 41.7 Å². The summed E-state index contributed by atoms with van der Waals surface area (Å²) in [5, 5.41) is 22.2. The first kappa shape index (κ1) is 16.3. The normalized spacial score (nSPS) is 12.8. The highest BCUT2D eigenvalue weighted by Crippen LogP contribution is 2.22. The monoisotopic (exact) mass is 292 g/mol. The molecule has 0 aliphatic heterocycles. The Hall–Kier alpha value is -1.80. The SMILES string of the molecule is O=C(NCC(O)CO)Nc1ccc(CC(F)(F)F)cc1. The summed E-state index contributed by atoms with van der Waals surface area (Å²) in [6.07, 6.45) is -6.36. The second-order valence-corrected chi connectivity index (χ2v) is 4.16. The fourth-order valence-electron chi connectivity index (χ4n) is 1.39. The van der Waals surface area contributed by atoms with E-state index in [9.17, 15) is 18.0 Å². The average molecular weight is 292 g/mol. The van der Waals surface area contributed by atoms with Crippen molar-refractivity contribution in [2.24, 2.45) is 0 Å². The zero-order chi connectivity index (χ0) is 15.2. The third kappa shape index (κ3) is 6.39. The molecule has 1 aromatic rings. The standard InChI is InChI=1S/C12H15F3N2O3/c13-12(14,15)5-8-1-3-9(4-2-8)17-11(20)16-6-10(19)7-18/h1-4,10,18-19H,5-7H2,(H2,16,17,20). The highest BCUT2D eigenvalue weighted by atomic mass is 19.4. The number of anilines is 1. The number of urea groups is 1. The van der Waals surface area contributed by atoms with Crippen molar-refractivity contribution in [3.05, 3.63) is 29.8 Å². The summed E-state index contributed by atoms with van der Waals surface area (Å²) < 4.78 is 36.4. The van der Waals surface area contributed by atoms with Crippen LogP contribution in [0.2, 0.25) is 0 Å². The number of halogens is 3. The number of hydrogen-bond acceptors (Lipinski definition) is 3. The number of amides is 2. The summed E-state index contributed by atoms with van der Waals surface area (Å²) in [7, 11) is 0. The molecular formula is C12H15F3N2O3. The first-order chi connectivity index (χ1) is 9.30. The lowest BCUT2D eigenvalue weighted by Crippen LogP contribution is -2.36. The topological polar surface area (TPSA) is 81.6 Å². The van der Waals surface area contributed by atoms with Crippen molar-refractivity contribution in [2.75, 3.05) is 18.5 Å². The second kappa shape index (κ2) is 7.11. The molecule has 0 aromatic heterocycles. The number of hydrogen-bond donors (Lipinski definition) is 4. The van der Waals surface area contributed by atoms with Gasteiger partial charge in [-0.1, -0.05) is 12.1 Å². The van der Waals surface area contributed by atoms with Crippen molar-refractivity contribution in [3.8, 4) is 0 Å². The van der Waals surface area contributed by atoms with Gasteiger partial charge in [-0.05, 0) is 17.7 Å². The van der Waals surface area contributed by atoms with E-state index < -0.39 is 31.3 Å². The van der Waals surface area contributed by atoms with Gasteiger partial charge in [0.05, 0.1) is 19.1 Å². The van der Waals surface area contributed by atoms with Gasteiger partial charge in [-0.25, -0.2) is 4.79 Å². The van der Waals surface area contributed by atoms with E-state index in [4.69, 9.17) is 10.2 Å². The first-order valence-corrected chi connectivity index (χ1v) is 5.79. The Kier molecular flexibility index (Phi) is 5.78. The van der Waals surface area contributed by atoms with Crippen LogP contribution in [-0.2, 0) is 6.42 Å². The van der Waals surface area contributed by atoms with Crippen molar-refractivity contribution in [1.29, 1.82) is 0 Å². The molecule has 1 atom stereocenters. The molecule has 20 heavy (non-hydrogen) atoms. The number of aliphatic hydroxyl groups is 2. The van der Waals surface area contributed by atoms with E-state index in [0.717, 1.165) is 0 Å². The summed E-state index contributed by atoms with van der Waals surface area (Å²) in [6, 6.07) is 4.62. The van der Waals surface area contributed by atoms with Crippen LogP contribution in [0.1, 0.15) is 5.56 Å². The predicted molar refractivity (Wildman–Crippen MR) is 66.3 cm³/mol. The molecule has 0 bridgehead atoms. The second-order valence-electron chi connectivity index (χ2n) is 4.16. The Morgan fingerprint density at radius 3 is 2.35 bits per heavy atom. The fourth-order valence-corrected chi connectivity index (χ4v) is 1.39. The van der Waals surface area contributed by atoms with Gasteiger partial charge >= 0.3 is 12.2 Å². The lowest BCUT2D eigenvalue weighted by molar-refractivity contribution is -0.127. The van der Waals surface area contributed by atoms with E-state index in [0.29, 0.717) is 5.69 Å². The molecule has 2 amide bonds. The van der Waals surface area contributed by atoms with Gasteiger partial charge in [0.25, 0.3) is 0 Å². The maximum atomic E-state index is 12.1. The molecule has 0 saturated heterocycles. The van der Waals surface area contributed by atoms with Crippen molar-refractivity contribution in [2.45, 2.75) is 18.7 Å². The highest BCUT2D eigenvalue weighted by Gasteiger charge is 2.27. The molecule has 0 saturated carbocycles. The van der Waals surface area contributed by atoms with Gasteiger partial charge in [0.1, 0.15) is 0 Å². The van der Waals surface area contributed by atoms with Crippen LogP contribution in [0.5, 0.6) is 0 Å². The van der Waals surface area contributed by atoms with E-state index in [-0.39, 0.29) is 12.1 Å². The van der Waals surface area contributed by atoms with E-state index in [1.54, 1.807) is 0 Å². The minimum Gasteiger partial charge on any atom is -0.394 e. The minimum atomic E-state index is -4.27. The zero-order valence-electron chi connectivity index (χ0n) is 10.4. The number of benzene rings is 1. The summed E-state index contributed by atoms with van der Waals surface area (Å²) in [6.45, 7) is -0.610. The molecule has 1 aromatic carbocycles. The van der Waals surface area contributed by atoms with Crippen LogP contribution in [0.3, 0.4) is 0 Å². The third-order valence-electron chi connectivity index (χ3n) is 2.33. The van der Waals surface area contributed by atoms with Gasteiger partial charge in [-0.15, -0.1) is 0 Å². The van der Waals surface area contributed by atoms with Crippen molar-refractivity contribution >= 4 is 11.7 Å². The molecule has 1 unspecified atom stereocenters. The van der Waals surface area contributed by atoms with Crippen molar-refractivity contribution < 1.29 is 28.2 Å². The maximum absolute atomic E-state index is 12.1. The summed E-state index contributed by atoms with van der Waals surface area (Å²) in [5.74, 6) is 0. The smallest absolute Gasteiger partial charge is 0.393 e. The summed E-state index contributed by atoms with van der Waals surface area (Å²) in [5.41, 5.74) is 0.422. The Morgan fingerprint density at radius 2 is 1.85 bits per heavy atom. The van der Waals surface area contributed by atoms with Crippen LogP contribution in [0, 0.1) is 0 Å². The van der Waals surface area contributed by atoms with Gasteiger partial charge in [0, 0.05) is 12.2 Å². The van der Waals surface area contributed by atoms with Gasteiger partial charge in [-0.2, -0.15) is 13.2 Å². The Balaban J connectivity index is 2.47. The van der Waals surface area contributed by atoms with Crippen LogP contribution < -0.4 is 10.6 Å². The van der Waals surface area contributed by atoms with Gasteiger partial charge < -0.3 is 20.8 Å².